The lowest BCUT2D eigenvalue weighted by molar-refractivity contribution is -0.122. The Morgan fingerprint density at radius 1 is 0.789 bits per heavy atom. The van der Waals surface area contributed by atoms with Crippen LogP contribution in [0.4, 0.5) is 16.2 Å². The third-order valence-electron chi connectivity index (χ3n) is 5.62. The molecule has 0 aliphatic carbocycles. The number of imide groups is 1. The Labute approximate surface area is 233 Å². The fourth-order valence-corrected chi connectivity index (χ4v) is 2.88. The zero-order valence-corrected chi connectivity index (χ0v) is 24.4. The fraction of sp³-hybridized carbons (Fsp3) is 0.407. The summed E-state index contributed by atoms with van der Waals surface area (Å²) in [5, 5.41) is 33.4. The van der Waals surface area contributed by atoms with Crippen LogP contribution in [-0.2, 0) is 4.79 Å². The van der Waals surface area contributed by atoms with Crippen molar-refractivity contribution in [1.29, 1.82) is 10.8 Å². The lowest BCUT2D eigenvalue weighted by atomic mass is 10.0. The molecule has 0 spiro atoms. The van der Waals surface area contributed by atoms with Gasteiger partial charge in [0.15, 0.2) is 0 Å². The van der Waals surface area contributed by atoms with Crippen molar-refractivity contribution >= 4 is 50.9 Å². The van der Waals surface area contributed by atoms with Crippen LogP contribution in [0, 0.1) is 10.8 Å². The SMILES string of the molecule is CC(C)(/N=N/C(C)(C)C(=N)Nc1ccccc1)C(=N)Nc1ccccc1.CCC(Br)(CC)C(=O)NC(N)=O. The van der Waals surface area contributed by atoms with Gasteiger partial charge in [-0.05, 0) is 64.8 Å². The molecule has 38 heavy (non-hydrogen) atoms. The van der Waals surface area contributed by atoms with Crippen LogP contribution >= 0.6 is 15.9 Å². The summed E-state index contributed by atoms with van der Waals surface area (Å²) in [5.41, 5.74) is 4.81. The third kappa shape index (κ3) is 10.4. The van der Waals surface area contributed by atoms with E-state index in [0.29, 0.717) is 12.8 Å². The van der Waals surface area contributed by atoms with E-state index in [0.717, 1.165) is 11.4 Å². The number of hydrogen-bond acceptors (Lipinski definition) is 6. The van der Waals surface area contributed by atoms with Crippen molar-refractivity contribution in [1.82, 2.24) is 5.32 Å². The highest BCUT2D eigenvalue weighted by Gasteiger charge is 2.32. The van der Waals surface area contributed by atoms with E-state index in [9.17, 15) is 9.59 Å². The lowest BCUT2D eigenvalue weighted by Crippen LogP contribution is -2.46. The van der Waals surface area contributed by atoms with E-state index in [1.165, 1.54) is 0 Å². The van der Waals surface area contributed by atoms with Gasteiger partial charge in [0.1, 0.15) is 27.1 Å². The van der Waals surface area contributed by atoms with E-state index in [2.05, 4.69) is 36.8 Å². The topological polar surface area (TPSA) is 169 Å². The molecule has 0 heterocycles. The van der Waals surface area contributed by atoms with Gasteiger partial charge >= 0.3 is 6.03 Å². The highest BCUT2D eigenvalue weighted by Crippen LogP contribution is 2.26. The van der Waals surface area contributed by atoms with Crippen molar-refractivity contribution in [3.8, 4) is 0 Å². The van der Waals surface area contributed by atoms with Crippen LogP contribution in [0.2, 0.25) is 0 Å². The summed E-state index contributed by atoms with van der Waals surface area (Å²) in [4.78, 5) is 21.6. The molecule has 2 rings (SSSR count). The first-order valence-electron chi connectivity index (χ1n) is 12.2. The molecule has 0 saturated heterocycles. The Balaban J connectivity index is 0.000000508. The number of nitrogens with zero attached hydrogens (tertiary/aromatic N) is 2. The molecule has 0 fully saturated rings. The number of nitrogens with two attached hydrogens (primary N) is 1. The molecular formula is C27H39BrN8O2. The fourth-order valence-electron chi connectivity index (χ4n) is 2.78. The molecule has 0 aliphatic rings. The third-order valence-corrected chi connectivity index (χ3v) is 7.11. The predicted octanol–water partition coefficient (Wildman–Crippen LogP) is 6.31. The number of amidine groups is 2. The second-order valence-corrected chi connectivity index (χ2v) is 11.1. The van der Waals surface area contributed by atoms with Gasteiger partial charge in [0, 0.05) is 11.4 Å². The van der Waals surface area contributed by atoms with Gasteiger partial charge in [-0.15, -0.1) is 0 Å². The quantitative estimate of drug-likeness (QED) is 0.0875. The summed E-state index contributed by atoms with van der Waals surface area (Å²) in [7, 11) is 0. The monoisotopic (exact) mass is 586 g/mol. The number of alkyl halides is 1. The summed E-state index contributed by atoms with van der Waals surface area (Å²) >= 11 is 3.26. The number of azo groups is 1. The summed E-state index contributed by atoms with van der Waals surface area (Å²) in [6.45, 7) is 11.0. The van der Waals surface area contributed by atoms with Gasteiger partial charge < -0.3 is 16.4 Å². The minimum absolute atomic E-state index is 0.241. The minimum atomic E-state index is -0.833. The summed E-state index contributed by atoms with van der Waals surface area (Å²) < 4.78 is -0.665. The molecule has 206 valence electrons. The Hall–Kier alpha value is -3.60. The van der Waals surface area contributed by atoms with Crippen LogP contribution in [0.5, 0.6) is 0 Å². The van der Waals surface area contributed by atoms with Crippen LogP contribution in [0.15, 0.2) is 70.9 Å². The van der Waals surface area contributed by atoms with Crippen LogP contribution < -0.4 is 21.7 Å². The molecule has 0 saturated carbocycles. The molecule has 10 nitrogen and oxygen atoms in total. The maximum Gasteiger partial charge on any atom is 0.318 e. The molecule has 0 aromatic heterocycles. The first-order valence-corrected chi connectivity index (χ1v) is 13.0. The van der Waals surface area contributed by atoms with E-state index in [4.69, 9.17) is 16.6 Å². The summed E-state index contributed by atoms with van der Waals surface area (Å²) in [6.07, 6.45) is 1.23. The normalized spacial score (nSPS) is 11.7. The number of carbonyl (C=O) groups excluding carboxylic acids is 2. The number of urea groups is 1. The number of anilines is 2. The average molecular weight is 588 g/mol. The van der Waals surface area contributed by atoms with Gasteiger partial charge in [0.2, 0.25) is 5.91 Å². The van der Waals surface area contributed by atoms with Crippen LogP contribution in [0.3, 0.4) is 0 Å². The van der Waals surface area contributed by atoms with Crippen LogP contribution in [-0.4, -0.2) is 39.0 Å². The van der Waals surface area contributed by atoms with E-state index in [-0.39, 0.29) is 17.6 Å². The minimum Gasteiger partial charge on any atom is -0.351 e. The van der Waals surface area contributed by atoms with Crippen molar-refractivity contribution in [2.45, 2.75) is 69.8 Å². The van der Waals surface area contributed by atoms with E-state index in [1.54, 1.807) is 0 Å². The Morgan fingerprint density at radius 3 is 1.42 bits per heavy atom. The number of hydrogen-bond donors (Lipinski definition) is 6. The molecule has 3 amide bonds. The van der Waals surface area contributed by atoms with Crippen molar-refractivity contribution in [2.75, 3.05) is 10.6 Å². The summed E-state index contributed by atoms with van der Waals surface area (Å²) in [6, 6.07) is 18.2. The van der Waals surface area contributed by atoms with Crippen molar-refractivity contribution in [3.63, 3.8) is 0 Å². The average Bonchev–Trinajstić information content (AvgIpc) is 2.88. The van der Waals surface area contributed by atoms with Gasteiger partial charge in [-0.3, -0.25) is 20.9 Å². The number of rotatable bonds is 9. The van der Waals surface area contributed by atoms with Gasteiger partial charge in [-0.1, -0.05) is 66.2 Å². The number of para-hydroxylation sites is 2. The molecule has 2 aromatic carbocycles. The number of carbonyl (C=O) groups is 2. The van der Waals surface area contributed by atoms with Gasteiger partial charge in [-0.25, -0.2) is 4.79 Å². The molecule has 7 N–H and O–H groups in total. The number of benzene rings is 2. The van der Waals surface area contributed by atoms with Crippen LogP contribution in [0.25, 0.3) is 0 Å². The lowest BCUT2D eigenvalue weighted by Gasteiger charge is -2.25. The molecule has 11 heteroatoms. The largest absolute Gasteiger partial charge is 0.351 e. The highest BCUT2D eigenvalue weighted by molar-refractivity contribution is 9.10. The van der Waals surface area contributed by atoms with Gasteiger partial charge in [0.25, 0.3) is 0 Å². The second-order valence-electron chi connectivity index (χ2n) is 9.54. The van der Waals surface area contributed by atoms with Crippen molar-refractivity contribution in [3.05, 3.63) is 60.7 Å². The zero-order chi connectivity index (χ0) is 29.0. The first-order chi connectivity index (χ1) is 17.7. The van der Waals surface area contributed by atoms with E-state index >= 15 is 0 Å². The van der Waals surface area contributed by atoms with Gasteiger partial charge in [0.05, 0.1) is 0 Å². The van der Waals surface area contributed by atoms with Crippen molar-refractivity contribution in [2.24, 2.45) is 16.0 Å². The second kappa shape index (κ2) is 14.4. The standard InChI is InChI=1S/C20H26N6.C7H13BrN2O2/c1-19(2,17(21)23-15-11-7-5-8-12-15)25-26-20(3,4)18(22)24-16-13-9-6-10-14-16;1-3-7(8,4-2)5(11)10-6(9)12/h5-14H,1-4H3,(H2,21,23)(H2,22,24);3-4H2,1-2H3,(H3,9,10,11,12)/b26-25+;. The maximum atomic E-state index is 11.3. The molecular weight excluding hydrogens is 548 g/mol. The highest BCUT2D eigenvalue weighted by atomic mass is 79.9. The smallest absolute Gasteiger partial charge is 0.318 e. The number of nitrogens with one attached hydrogen (secondary N) is 5. The molecule has 0 bridgehead atoms. The van der Waals surface area contributed by atoms with E-state index < -0.39 is 21.4 Å². The molecule has 0 atom stereocenters. The molecule has 0 unspecified atom stereocenters. The Morgan fingerprint density at radius 2 is 1.13 bits per heavy atom. The van der Waals surface area contributed by atoms with Gasteiger partial charge in [-0.2, -0.15) is 10.2 Å². The molecule has 0 radical (unpaired) electrons. The predicted molar refractivity (Wildman–Crippen MR) is 159 cm³/mol. The van der Waals surface area contributed by atoms with Crippen molar-refractivity contribution < 1.29 is 9.59 Å². The number of halogens is 1. The molecule has 2 aromatic rings. The first kappa shape index (κ1) is 32.4. The Bertz CT molecular complexity index is 1050. The maximum absolute atomic E-state index is 11.3. The van der Waals surface area contributed by atoms with E-state index in [1.807, 2.05) is 108 Å². The number of primary amides is 1. The molecule has 0 aliphatic heterocycles. The van der Waals surface area contributed by atoms with Crippen LogP contribution in [0.1, 0.15) is 54.4 Å². The summed E-state index contributed by atoms with van der Waals surface area (Å²) in [5.74, 6) is 0.108. The Kier molecular flexibility index (Phi) is 12.3. The number of amides is 3. The zero-order valence-electron chi connectivity index (χ0n) is 22.9.